The molecular formula is C20H20BrN3O6. The molecule has 2 N–H and O–H groups in total. The lowest BCUT2D eigenvalue weighted by molar-refractivity contribution is -0.384. The summed E-state index contributed by atoms with van der Waals surface area (Å²) in [4.78, 5) is 45.9. The van der Waals surface area contributed by atoms with E-state index in [0.717, 1.165) is 15.6 Å². The first-order valence-corrected chi connectivity index (χ1v) is 9.72. The summed E-state index contributed by atoms with van der Waals surface area (Å²) < 4.78 is 5.82. The van der Waals surface area contributed by atoms with Crippen molar-refractivity contribution in [3.8, 4) is 0 Å². The standard InChI is InChI=1S/C20H20BrN3O6/c1-12-13(2)17(7-6-16(12)21)23-19(26)11-30-20(27)9-8-18(25)22-14-4-3-5-15(10-14)24(28)29/h3-7,10H,8-9,11H2,1-2H3,(H,22,25)(H,23,26). The van der Waals surface area contributed by atoms with Crippen LogP contribution in [0.1, 0.15) is 24.0 Å². The van der Waals surface area contributed by atoms with E-state index in [4.69, 9.17) is 4.74 Å². The van der Waals surface area contributed by atoms with E-state index in [1.807, 2.05) is 19.9 Å². The van der Waals surface area contributed by atoms with Crippen molar-refractivity contribution in [2.24, 2.45) is 0 Å². The van der Waals surface area contributed by atoms with Gasteiger partial charge in [-0.3, -0.25) is 24.5 Å². The summed E-state index contributed by atoms with van der Waals surface area (Å²) in [6, 6.07) is 9.00. The van der Waals surface area contributed by atoms with E-state index in [1.165, 1.54) is 24.3 Å². The van der Waals surface area contributed by atoms with Crippen LogP contribution in [-0.4, -0.2) is 29.3 Å². The number of esters is 1. The number of non-ortho nitro benzene ring substituents is 1. The molecule has 0 saturated heterocycles. The summed E-state index contributed by atoms with van der Waals surface area (Å²) in [7, 11) is 0. The maximum atomic E-state index is 12.0. The quantitative estimate of drug-likeness (QED) is 0.337. The van der Waals surface area contributed by atoms with Gasteiger partial charge in [0.05, 0.1) is 11.3 Å². The molecule has 0 aliphatic heterocycles. The highest BCUT2D eigenvalue weighted by Crippen LogP contribution is 2.25. The van der Waals surface area contributed by atoms with Crippen molar-refractivity contribution in [3.05, 3.63) is 62.1 Å². The van der Waals surface area contributed by atoms with E-state index in [2.05, 4.69) is 26.6 Å². The smallest absolute Gasteiger partial charge is 0.306 e. The number of carbonyl (C=O) groups excluding carboxylic acids is 3. The Morgan fingerprint density at radius 1 is 1.03 bits per heavy atom. The second-order valence-electron chi connectivity index (χ2n) is 6.41. The third-order valence-corrected chi connectivity index (χ3v) is 5.12. The normalized spacial score (nSPS) is 10.2. The molecule has 9 nitrogen and oxygen atoms in total. The van der Waals surface area contributed by atoms with Crippen molar-refractivity contribution in [3.63, 3.8) is 0 Å². The fourth-order valence-corrected chi connectivity index (χ4v) is 2.89. The average Bonchev–Trinajstić information content (AvgIpc) is 2.71. The van der Waals surface area contributed by atoms with E-state index < -0.39 is 29.3 Å². The fourth-order valence-electron chi connectivity index (χ4n) is 2.46. The number of nitro benzene ring substituents is 1. The summed E-state index contributed by atoms with van der Waals surface area (Å²) >= 11 is 3.41. The van der Waals surface area contributed by atoms with Gasteiger partial charge in [0.1, 0.15) is 0 Å². The molecule has 0 radical (unpaired) electrons. The van der Waals surface area contributed by atoms with E-state index in [1.54, 1.807) is 6.07 Å². The van der Waals surface area contributed by atoms with Gasteiger partial charge in [0, 0.05) is 34.4 Å². The number of hydrogen-bond acceptors (Lipinski definition) is 6. The van der Waals surface area contributed by atoms with Gasteiger partial charge in [-0.15, -0.1) is 0 Å². The van der Waals surface area contributed by atoms with Gasteiger partial charge in [0.15, 0.2) is 6.61 Å². The number of nitrogens with zero attached hydrogens (tertiary/aromatic N) is 1. The maximum absolute atomic E-state index is 12.0. The molecule has 10 heteroatoms. The van der Waals surface area contributed by atoms with Gasteiger partial charge in [-0.2, -0.15) is 0 Å². The minimum atomic E-state index is -0.706. The minimum Gasteiger partial charge on any atom is -0.456 e. The van der Waals surface area contributed by atoms with Gasteiger partial charge in [-0.1, -0.05) is 22.0 Å². The number of rotatable bonds is 8. The summed E-state index contributed by atoms with van der Waals surface area (Å²) in [5, 5.41) is 15.9. The first kappa shape index (κ1) is 23.0. The Morgan fingerprint density at radius 2 is 1.77 bits per heavy atom. The first-order chi connectivity index (χ1) is 14.2. The fraction of sp³-hybridized carbons (Fsp3) is 0.250. The number of anilines is 2. The van der Waals surface area contributed by atoms with Gasteiger partial charge in [0.2, 0.25) is 5.91 Å². The van der Waals surface area contributed by atoms with Crippen LogP contribution in [0, 0.1) is 24.0 Å². The second kappa shape index (κ2) is 10.5. The number of carbonyl (C=O) groups is 3. The Hall–Kier alpha value is -3.27. The summed E-state index contributed by atoms with van der Waals surface area (Å²) in [6.45, 7) is 3.30. The molecule has 0 aromatic heterocycles. The van der Waals surface area contributed by atoms with Crippen LogP contribution < -0.4 is 10.6 Å². The third kappa shape index (κ3) is 6.66. The van der Waals surface area contributed by atoms with Crippen molar-refractivity contribution in [1.82, 2.24) is 0 Å². The van der Waals surface area contributed by atoms with Crippen molar-refractivity contribution in [1.29, 1.82) is 0 Å². The minimum absolute atomic E-state index is 0.158. The number of nitrogens with one attached hydrogen (secondary N) is 2. The van der Waals surface area contributed by atoms with Crippen LogP contribution in [0.4, 0.5) is 17.1 Å². The van der Waals surface area contributed by atoms with Crippen molar-refractivity contribution < 1.29 is 24.0 Å². The molecule has 2 aromatic carbocycles. The number of halogens is 1. The molecule has 0 heterocycles. The van der Waals surface area contributed by atoms with E-state index in [0.29, 0.717) is 5.69 Å². The molecule has 2 aromatic rings. The Bertz CT molecular complexity index is 993. The largest absolute Gasteiger partial charge is 0.456 e. The molecule has 30 heavy (non-hydrogen) atoms. The molecule has 2 amide bonds. The lowest BCUT2D eigenvalue weighted by Gasteiger charge is -2.12. The van der Waals surface area contributed by atoms with Gasteiger partial charge in [0.25, 0.3) is 11.6 Å². The molecule has 0 atom stereocenters. The van der Waals surface area contributed by atoms with E-state index in [9.17, 15) is 24.5 Å². The third-order valence-electron chi connectivity index (χ3n) is 4.26. The van der Waals surface area contributed by atoms with Crippen molar-refractivity contribution >= 4 is 50.8 Å². The molecule has 2 rings (SSSR count). The van der Waals surface area contributed by atoms with Crippen LogP contribution in [0.25, 0.3) is 0 Å². The number of nitro groups is 1. The zero-order chi connectivity index (χ0) is 22.3. The Morgan fingerprint density at radius 3 is 2.47 bits per heavy atom. The van der Waals surface area contributed by atoms with Crippen LogP contribution in [0.15, 0.2) is 40.9 Å². The Kier molecular flexibility index (Phi) is 8.05. The Labute approximate surface area is 181 Å². The molecule has 0 fully saturated rings. The number of hydrogen-bond donors (Lipinski definition) is 2. The molecule has 0 saturated carbocycles. The maximum Gasteiger partial charge on any atom is 0.306 e. The van der Waals surface area contributed by atoms with Crippen molar-refractivity contribution in [2.45, 2.75) is 26.7 Å². The molecular weight excluding hydrogens is 458 g/mol. The highest BCUT2D eigenvalue weighted by Gasteiger charge is 2.13. The predicted molar refractivity (Wildman–Crippen MR) is 114 cm³/mol. The number of amides is 2. The summed E-state index contributed by atoms with van der Waals surface area (Å²) in [6.07, 6.45) is -0.418. The zero-order valence-electron chi connectivity index (χ0n) is 16.4. The highest BCUT2D eigenvalue weighted by atomic mass is 79.9. The summed E-state index contributed by atoms with van der Waals surface area (Å²) in [5.74, 6) is -1.70. The molecule has 158 valence electrons. The van der Waals surface area contributed by atoms with E-state index in [-0.39, 0.29) is 24.2 Å². The number of benzene rings is 2. The molecule has 0 unspecified atom stereocenters. The Balaban J connectivity index is 1.76. The van der Waals surface area contributed by atoms with E-state index >= 15 is 0 Å². The van der Waals surface area contributed by atoms with Crippen molar-refractivity contribution in [2.75, 3.05) is 17.2 Å². The van der Waals surface area contributed by atoms with Gasteiger partial charge in [-0.05, 0) is 43.2 Å². The van der Waals surface area contributed by atoms with Crippen LogP contribution in [0.5, 0.6) is 0 Å². The van der Waals surface area contributed by atoms with Crippen LogP contribution >= 0.6 is 15.9 Å². The topological polar surface area (TPSA) is 128 Å². The highest BCUT2D eigenvalue weighted by molar-refractivity contribution is 9.10. The van der Waals surface area contributed by atoms with Crippen LogP contribution in [-0.2, 0) is 19.1 Å². The van der Waals surface area contributed by atoms with Gasteiger partial charge >= 0.3 is 5.97 Å². The van der Waals surface area contributed by atoms with Gasteiger partial charge in [-0.25, -0.2) is 0 Å². The molecule has 0 aliphatic carbocycles. The number of ether oxygens (including phenoxy) is 1. The summed E-state index contributed by atoms with van der Waals surface area (Å²) in [5.41, 5.74) is 2.59. The molecule has 0 spiro atoms. The molecule has 0 aliphatic rings. The monoisotopic (exact) mass is 477 g/mol. The average molecular weight is 478 g/mol. The van der Waals surface area contributed by atoms with Gasteiger partial charge < -0.3 is 15.4 Å². The lowest BCUT2D eigenvalue weighted by Crippen LogP contribution is -2.22. The van der Waals surface area contributed by atoms with Crippen LogP contribution in [0.3, 0.4) is 0 Å². The zero-order valence-corrected chi connectivity index (χ0v) is 17.9. The predicted octanol–water partition coefficient (Wildman–Crippen LogP) is 3.87. The lowest BCUT2D eigenvalue weighted by atomic mass is 10.1. The molecule has 0 bridgehead atoms. The SMILES string of the molecule is Cc1c(Br)ccc(NC(=O)COC(=O)CCC(=O)Nc2cccc([N+](=O)[O-])c2)c1C. The second-order valence-corrected chi connectivity index (χ2v) is 7.26. The first-order valence-electron chi connectivity index (χ1n) is 8.93. The van der Waals surface area contributed by atoms with Crippen LogP contribution in [0.2, 0.25) is 0 Å².